The summed E-state index contributed by atoms with van der Waals surface area (Å²) in [5.41, 5.74) is 0. The van der Waals surface area contributed by atoms with Gasteiger partial charge in [-0.3, -0.25) is 0 Å². The molecule has 0 unspecified atom stereocenters. The zero-order valence-corrected chi connectivity index (χ0v) is 3.09. The standard InChI is InChI=1S/C4H3NO/c5-4-2-1-3-6-4/h1-3H. The van der Waals surface area contributed by atoms with Crippen molar-refractivity contribution in [3.63, 3.8) is 0 Å². The molecule has 2 nitrogen and oxygen atoms in total. The number of aldehydes is 1. The van der Waals surface area contributed by atoms with Crippen LogP contribution >= 0.6 is 0 Å². The van der Waals surface area contributed by atoms with E-state index in [-0.39, 0.29) is 5.90 Å². The van der Waals surface area contributed by atoms with Crippen LogP contribution in [0.15, 0.2) is 12.2 Å². The molecule has 0 N–H and O–H groups in total. The van der Waals surface area contributed by atoms with E-state index < -0.39 is 0 Å². The van der Waals surface area contributed by atoms with E-state index in [0.29, 0.717) is 0 Å². The molecule has 0 bridgehead atoms. The highest BCUT2D eigenvalue weighted by molar-refractivity contribution is 5.96. The summed E-state index contributed by atoms with van der Waals surface area (Å²) in [7, 11) is 0. The average molecular weight is 81.1 g/mol. The molecule has 1 heterocycles. The fourth-order valence-electron chi connectivity index (χ4n) is 0.270. The summed E-state index contributed by atoms with van der Waals surface area (Å²) in [5, 5.41) is 8.31. The van der Waals surface area contributed by atoms with E-state index >= 15 is 0 Å². The van der Waals surface area contributed by atoms with Crippen LogP contribution in [0.1, 0.15) is 0 Å². The molecule has 30 valence electrons. The Labute approximate surface area is 35.3 Å². The lowest BCUT2D eigenvalue weighted by Crippen LogP contribution is -1.79. The van der Waals surface area contributed by atoms with Crippen LogP contribution in [0.4, 0.5) is 0 Å². The maximum atomic E-state index is 8.31. The first-order chi connectivity index (χ1) is 2.89. The van der Waals surface area contributed by atoms with E-state index in [4.69, 9.17) is 5.41 Å². The quantitative estimate of drug-likeness (QED) is 0.296. The highest BCUT2D eigenvalue weighted by Gasteiger charge is 1.93. The van der Waals surface area contributed by atoms with Crippen molar-refractivity contribution < 1.29 is 4.42 Å². The minimum absolute atomic E-state index is 0.0324. The van der Waals surface area contributed by atoms with Crippen LogP contribution in [0.5, 0.6) is 0 Å². The highest BCUT2D eigenvalue weighted by Crippen LogP contribution is 1.79. The lowest BCUT2D eigenvalue weighted by molar-refractivity contribution is -0.300. The normalized spacial score (nSPS) is 17.0. The second-order valence-electron chi connectivity index (χ2n) is 0.951. The molecule has 0 radical (unpaired) electrons. The van der Waals surface area contributed by atoms with Gasteiger partial charge in [-0.25, -0.2) is 4.42 Å². The van der Waals surface area contributed by atoms with E-state index in [2.05, 4.69) is 4.42 Å². The predicted molar refractivity (Wildman–Crippen MR) is 23.6 cm³/mol. The molecule has 1 aliphatic rings. The fourth-order valence-corrected chi connectivity index (χ4v) is 0.270. The molecule has 0 aliphatic carbocycles. The van der Waals surface area contributed by atoms with Crippen LogP contribution in [0.25, 0.3) is 5.41 Å². The molecule has 0 amide bonds. The Morgan fingerprint density at radius 2 is 2.50 bits per heavy atom. The Hall–Kier alpha value is -0.920. The van der Waals surface area contributed by atoms with Crippen LogP contribution < -0.4 is 0 Å². The van der Waals surface area contributed by atoms with Gasteiger partial charge in [0.05, 0.1) is 0 Å². The Morgan fingerprint density at radius 3 is 2.67 bits per heavy atom. The van der Waals surface area contributed by atoms with Gasteiger partial charge in [0.1, 0.15) is 0 Å². The topological polar surface area (TPSA) is 33.6 Å². The maximum Gasteiger partial charge on any atom is 0.316 e. The van der Waals surface area contributed by atoms with E-state index in [1.165, 1.54) is 12.4 Å². The molecule has 0 spiro atoms. The summed E-state index contributed by atoms with van der Waals surface area (Å²) < 4.78 is 4.39. The van der Waals surface area contributed by atoms with E-state index in [1.807, 2.05) is 0 Å². The zero-order valence-electron chi connectivity index (χ0n) is 3.09. The maximum absolute atomic E-state index is 8.31. The summed E-state index contributed by atoms with van der Waals surface area (Å²) in [4.78, 5) is 0. The van der Waals surface area contributed by atoms with Gasteiger partial charge in [-0.2, -0.15) is 0 Å². The summed E-state index contributed by atoms with van der Waals surface area (Å²) in [6.07, 6.45) is 4.50. The monoisotopic (exact) mass is 81.0 g/mol. The van der Waals surface area contributed by atoms with Crippen LogP contribution in [-0.2, 0) is 4.42 Å². The predicted octanol–water partition coefficient (Wildman–Crippen LogP) is 0.259. The summed E-state index contributed by atoms with van der Waals surface area (Å²) in [6, 6.07) is 0. The van der Waals surface area contributed by atoms with E-state index in [1.54, 1.807) is 6.08 Å². The van der Waals surface area contributed by atoms with Crippen molar-refractivity contribution >= 4 is 12.2 Å². The van der Waals surface area contributed by atoms with Crippen LogP contribution in [-0.4, -0.2) is 12.2 Å². The van der Waals surface area contributed by atoms with Gasteiger partial charge in [0.15, 0.2) is 0 Å². The zero-order chi connectivity index (χ0) is 4.41. The van der Waals surface area contributed by atoms with Gasteiger partial charge in [-0.1, -0.05) is 0 Å². The molecule has 2 heteroatoms. The minimum atomic E-state index is -0.0324. The molecule has 0 saturated carbocycles. The number of nitrogens with zero attached hydrogens (tertiary/aromatic N) is 1. The average Bonchev–Trinajstić information content (AvgIpc) is 1.86. The van der Waals surface area contributed by atoms with Gasteiger partial charge in [-0.05, 0) is 0 Å². The van der Waals surface area contributed by atoms with Crippen molar-refractivity contribution in [3.05, 3.63) is 17.6 Å². The smallest absolute Gasteiger partial charge is 0.316 e. The Kier molecular flexibility index (Phi) is 0.572. The number of carbonyl (C=O) groups excluding carboxylic acids is 1. The molecule has 0 fully saturated rings. The van der Waals surface area contributed by atoms with Crippen LogP contribution in [0, 0.1) is 0 Å². The van der Waals surface area contributed by atoms with Gasteiger partial charge < -0.3 is 5.41 Å². The molecule has 0 saturated heterocycles. The van der Waals surface area contributed by atoms with E-state index in [9.17, 15) is 0 Å². The van der Waals surface area contributed by atoms with E-state index in [0.717, 1.165) is 0 Å². The van der Waals surface area contributed by atoms with Gasteiger partial charge >= 0.3 is 6.29 Å². The lowest BCUT2D eigenvalue weighted by Gasteiger charge is -1.69. The highest BCUT2D eigenvalue weighted by atomic mass is 16.4. The Balaban J connectivity index is 2.86. The van der Waals surface area contributed by atoms with Crippen LogP contribution in [0.2, 0.25) is 0 Å². The summed E-state index contributed by atoms with van der Waals surface area (Å²) in [5.74, 6) is -0.0324. The minimum Gasteiger partial charge on any atom is -0.712 e. The van der Waals surface area contributed by atoms with Crippen molar-refractivity contribution in [1.82, 2.24) is 0 Å². The Morgan fingerprint density at radius 1 is 1.67 bits per heavy atom. The number of allylic oxidation sites excluding steroid dienone is 1. The first kappa shape index (κ1) is 3.28. The van der Waals surface area contributed by atoms with Gasteiger partial charge in [0.25, 0.3) is 0 Å². The molecule has 0 aromatic rings. The molecule has 0 aromatic heterocycles. The Bertz CT molecular complexity index is 110. The molecule has 0 aromatic carbocycles. The van der Waals surface area contributed by atoms with Crippen LogP contribution in [0.3, 0.4) is 0 Å². The van der Waals surface area contributed by atoms with Crippen molar-refractivity contribution in [1.29, 1.82) is 0 Å². The molecule has 1 aliphatic heterocycles. The largest absolute Gasteiger partial charge is 0.712 e. The second kappa shape index (κ2) is 1.05. The summed E-state index contributed by atoms with van der Waals surface area (Å²) in [6.45, 7) is 0. The molecule has 1 rings (SSSR count). The summed E-state index contributed by atoms with van der Waals surface area (Å²) >= 11 is 0. The van der Waals surface area contributed by atoms with Gasteiger partial charge in [0.2, 0.25) is 5.90 Å². The SMILES string of the molecule is [N-]=C1C=CC=[O+]1. The van der Waals surface area contributed by atoms with Gasteiger partial charge in [0, 0.05) is 12.2 Å². The number of hydrogen-bond donors (Lipinski definition) is 0. The molecular formula is C4H3NO. The van der Waals surface area contributed by atoms with Crippen molar-refractivity contribution in [2.24, 2.45) is 0 Å². The molecule has 6 heavy (non-hydrogen) atoms. The molecular weight excluding hydrogens is 78.0 g/mol. The third kappa shape index (κ3) is 0.360. The first-order valence-corrected chi connectivity index (χ1v) is 1.62. The first-order valence-electron chi connectivity index (χ1n) is 1.62. The van der Waals surface area contributed by atoms with Crippen molar-refractivity contribution in [3.8, 4) is 0 Å². The van der Waals surface area contributed by atoms with Gasteiger partial charge in [-0.15, -0.1) is 0 Å². The lowest BCUT2D eigenvalue weighted by atomic mass is 10.6. The third-order valence-corrected chi connectivity index (χ3v) is 0.506. The number of hydrogen-bond acceptors (Lipinski definition) is 0. The van der Waals surface area contributed by atoms with Crippen molar-refractivity contribution in [2.75, 3.05) is 0 Å². The van der Waals surface area contributed by atoms with Crippen molar-refractivity contribution in [2.45, 2.75) is 0 Å². The fraction of sp³-hybridized carbons (Fsp3) is 0. The number of rotatable bonds is 0. The molecule has 0 atom stereocenters. The third-order valence-electron chi connectivity index (χ3n) is 0.506. The second-order valence-corrected chi connectivity index (χ2v) is 0.951.